The second-order valence-corrected chi connectivity index (χ2v) is 8.96. The van der Waals surface area contributed by atoms with Crippen LogP contribution in [-0.2, 0) is 9.53 Å². The summed E-state index contributed by atoms with van der Waals surface area (Å²) in [5.41, 5.74) is 2.39. The lowest BCUT2D eigenvalue weighted by atomic mass is 9.92. The molecule has 0 unspecified atom stereocenters. The fraction of sp³-hybridized carbons (Fsp3) is 0.370. The summed E-state index contributed by atoms with van der Waals surface area (Å²) in [4.78, 5) is 32.4. The van der Waals surface area contributed by atoms with E-state index in [1.807, 2.05) is 36.4 Å². The first kappa shape index (κ1) is 23.5. The molecule has 1 aromatic heterocycles. The summed E-state index contributed by atoms with van der Waals surface area (Å²) < 4.78 is 16.2. The Kier molecular flexibility index (Phi) is 7.01. The van der Waals surface area contributed by atoms with Gasteiger partial charge in [-0.15, -0.1) is 0 Å². The van der Waals surface area contributed by atoms with Gasteiger partial charge in [-0.25, -0.2) is 9.78 Å². The Morgan fingerprint density at radius 2 is 1.68 bits per heavy atom. The van der Waals surface area contributed by atoms with Crippen LogP contribution in [0.15, 0.2) is 48.5 Å². The standard InChI is InChI=1S/C27H30N2O5/c1-17-11-18(2)15-29(14-17)26(30)16-34-27(31)21-13-23(28-22-8-6-5-7-20(21)22)19-9-10-24(32-3)25(12-19)33-4/h5-10,12-13,17-18H,11,14-16H2,1-4H3/t17-,18-/m0/s1. The van der Waals surface area contributed by atoms with Gasteiger partial charge in [-0.1, -0.05) is 32.0 Å². The van der Waals surface area contributed by atoms with Crippen LogP contribution >= 0.6 is 0 Å². The fourth-order valence-corrected chi connectivity index (χ4v) is 4.65. The summed E-state index contributed by atoms with van der Waals surface area (Å²) in [5.74, 6) is 1.34. The Hall–Kier alpha value is -3.61. The van der Waals surface area contributed by atoms with Crippen molar-refractivity contribution in [3.63, 3.8) is 0 Å². The van der Waals surface area contributed by atoms with E-state index in [-0.39, 0.29) is 12.5 Å². The summed E-state index contributed by atoms with van der Waals surface area (Å²) >= 11 is 0. The van der Waals surface area contributed by atoms with Gasteiger partial charge in [-0.2, -0.15) is 0 Å². The lowest BCUT2D eigenvalue weighted by Gasteiger charge is -2.34. The number of carbonyl (C=O) groups excluding carboxylic acids is 2. The molecule has 3 aromatic rings. The average molecular weight is 463 g/mol. The number of carbonyl (C=O) groups is 2. The van der Waals surface area contributed by atoms with E-state index in [4.69, 9.17) is 19.2 Å². The van der Waals surface area contributed by atoms with Crippen LogP contribution in [0.5, 0.6) is 11.5 Å². The molecule has 0 saturated carbocycles. The molecule has 4 rings (SSSR count). The number of fused-ring (bicyclic) bond motifs is 1. The van der Waals surface area contributed by atoms with Crippen molar-refractivity contribution >= 4 is 22.8 Å². The van der Waals surface area contributed by atoms with Crippen molar-refractivity contribution in [1.29, 1.82) is 0 Å². The monoisotopic (exact) mass is 462 g/mol. The highest BCUT2D eigenvalue weighted by Gasteiger charge is 2.26. The highest BCUT2D eigenvalue weighted by atomic mass is 16.5. The number of likely N-dealkylation sites (tertiary alicyclic amines) is 1. The zero-order valence-corrected chi connectivity index (χ0v) is 20.0. The van der Waals surface area contributed by atoms with Crippen LogP contribution in [0, 0.1) is 11.8 Å². The quantitative estimate of drug-likeness (QED) is 0.499. The van der Waals surface area contributed by atoms with Crippen LogP contribution in [0.2, 0.25) is 0 Å². The number of piperidine rings is 1. The summed E-state index contributed by atoms with van der Waals surface area (Å²) in [6.45, 7) is 5.40. The van der Waals surface area contributed by atoms with E-state index >= 15 is 0 Å². The Morgan fingerprint density at radius 1 is 0.971 bits per heavy atom. The molecule has 1 saturated heterocycles. The molecule has 178 valence electrons. The third kappa shape index (κ3) is 4.98. The highest BCUT2D eigenvalue weighted by Crippen LogP contribution is 2.33. The van der Waals surface area contributed by atoms with Gasteiger partial charge in [0.25, 0.3) is 5.91 Å². The Bertz CT molecular complexity index is 1200. The van der Waals surface area contributed by atoms with Gasteiger partial charge in [-0.3, -0.25) is 4.79 Å². The molecule has 0 aliphatic carbocycles. The first-order valence-electron chi connectivity index (χ1n) is 11.5. The van der Waals surface area contributed by atoms with Crippen LogP contribution in [-0.4, -0.2) is 55.7 Å². The van der Waals surface area contributed by atoms with Crippen molar-refractivity contribution in [1.82, 2.24) is 9.88 Å². The van der Waals surface area contributed by atoms with Crippen LogP contribution in [0.25, 0.3) is 22.2 Å². The molecular weight excluding hydrogens is 432 g/mol. The molecule has 1 aliphatic heterocycles. The number of pyridine rings is 1. The molecule has 2 aromatic carbocycles. The molecule has 0 radical (unpaired) electrons. The van der Waals surface area contributed by atoms with Gasteiger partial charge in [0.1, 0.15) is 0 Å². The second-order valence-electron chi connectivity index (χ2n) is 8.96. The summed E-state index contributed by atoms with van der Waals surface area (Å²) in [6, 6.07) is 14.5. The number of esters is 1. The van der Waals surface area contributed by atoms with E-state index < -0.39 is 5.97 Å². The van der Waals surface area contributed by atoms with Gasteiger partial charge in [0.2, 0.25) is 0 Å². The van der Waals surface area contributed by atoms with Gasteiger partial charge < -0.3 is 19.1 Å². The SMILES string of the molecule is COc1ccc(-c2cc(C(=O)OCC(=O)N3C[C@@H](C)C[C@H](C)C3)c3ccccc3n2)cc1OC. The first-order valence-corrected chi connectivity index (χ1v) is 11.5. The lowest BCUT2D eigenvalue weighted by molar-refractivity contribution is -0.137. The molecule has 7 heteroatoms. The number of nitrogens with zero attached hydrogens (tertiary/aromatic N) is 2. The Morgan fingerprint density at radius 3 is 2.38 bits per heavy atom. The lowest BCUT2D eigenvalue weighted by Crippen LogP contribution is -2.44. The number of hydrogen-bond acceptors (Lipinski definition) is 6. The largest absolute Gasteiger partial charge is 0.493 e. The average Bonchev–Trinajstić information content (AvgIpc) is 2.85. The van der Waals surface area contributed by atoms with Crippen molar-refractivity contribution in [3.8, 4) is 22.8 Å². The summed E-state index contributed by atoms with van der Waals surface area (Å²) in [5, 5.41) is 0.671. The minimum absolute atomic E-state index is 0.162. The summed E-state index contributed by atoms with van der Waals surface area (Å²) in [6.07, 6.45) is 1.10. The van der Waals surface area contributed by atoms with Crippen molar-refractivity contribution < 1.29 is 23.8 Å². The number of para-hydroxylation sites is 1. The predicted molar refractivity (Wildman–Crippen MR) is 130 cm³/mol. The Balaban J connectivity index is 1.60. The van der Waals surface area contributed by atoms with Gasteiger partial charge >= 0.3 is 5.97 Å². The summed E-state index contributed by atoms with van der Waals surface area (Å²) in [7, 11) is 3.14. The van der Waals surface area contributed by atoms with Crippen molar-refractivity contribution in [2.24, 2.45) is 11.8 Å². The van der Waals surface area contributed by atoms with E-state index in [2.05, 4.69) is 13.8 Å². The van der Waals surface area contributed by atoms with Crippen LogP contribution in [0.4, 0.5) is 0 Å². The number of ether oxygens (including phenoxy) is 3. The molecule has 34 heavy (non-hydrogen) atoms. The minimum atomic E-state index is -0.549. The third-order valence-electron chi connectivity index (χ3n) is 6.16. The molecule has 7 nitrogen and oxygen atoms in total. The molecule has 1 fully saturated rings. The van der Waals surface area contributed by atoms with Gasteiger partial charge in [0, 0.05) is 24.0 Å². The maximum atomic E-state index is 13.1. The first-order chi connectivity index (χ1) is 16.4. The van der Waals surface area contributed by atoms with Crippen LogP contribution < -0.4 is 9.47 Å². The molecule has 1 amide bonds. The fourth-order valence-electron chi connectivity index (χ4n) is 4.65. The van der Waals surface area contributed by atoms with Gasteiger partial charge in [0.05, 0.1) is 31.0 Å². The van der Waals surface area contributed by atoms with E-state index in [1.54, 1.807) is 31.3 Å². The maximum absolute atomic E-state index is 13.1. The predicted octanol–water partition coefficient (Wildman–Crippen LogP) is 4.58. The molecule has 2 atom stereocenters. The van der Waals surface area contributed by atoms with E-state index in [9.17, 15) is 9.59 Å². The topological polar surface area (TPSA) is 78.0 Å². The third-order valence-corrected chi connectivity index (χ3v) is 6.16. The van der Waals surface area contributed by atoms with Crippen molar-refractivity contribution in [3.05, 3.63) is 54.1 Å². The number of methoxy groups -OCH3 is 2. The second kappa shape index (κ2) is 10.1. The molecule has 0 spiro atoms. The number of rotatable bonds is 6. The molecule has 2 heterocycles. The molecule has 0 N–H and O–H groups in total. The number of benzene rings is 2. The molecular formula is C27H30N2O5. The number of hydrogen-bond donors (Lipinski definition) is 0. The maximum Gasteiger partial charge on any atom is 0.339 e. The smallest absolute Gasteiger partial charge is 0.339 e. The van der Waals surface area contributed by atoms with E-state index in [1.165, 1.54) is 0 Å². The molecule has 1 aliphatic rings. The normalized spacial score (nSPS) is 17.9. The zero-order valence-electron chi connectivity index (χ0n) is 20.0. The van der Waals surface area contributed by atoms with Crippen LogP contribution in [0.3, 0.4) is 0 Å². The number of amides is 1. The van der Waals surface area contributed by atoms with Crippen molar-refractivity contribution in [2.45, 2.75) is 20.3 Å². The Labute approximate surface area is 199 Å². The minimum Gasteiger partial charge on any atom is -0.493 e. The van der Waals surface area contributed by atoms with Gasteiger partial charge in [-0.05, 0) is 48.6 Å². The van der Waals surface area contributed by atoms with E-state index in [0.717, 1.165) is 12.0 Å². The van der Waals surface area contributed by atoms with E-state index in [0.29, 0.717) is 58.6 Å². The van der Waals surface area contributed by atoms with Crippen molar-refractivity contribution in [2.75, 3.05) is 33.9 Å². The number of aromatic nitrogens is 1. The zero-order chi connectivity index (χ0) is 24.2. The molecule has 0 bridgehead atoms. The van der Waals surface area contributed by atoms with Crippen LogP contribution in [0.1, 0.15) is 30.6 Å². The van der Waals surface area contributed by atoms with Gasteiger partial charge in [0.15, 0.2) is 18.1 Å². The highest BCUT2D eigenvalue weighted by molar-refractivity contribution is 6.05.